The van der Waals surface area contributed by atoms with Crippen LogP contribution in [0.5, 0.6) is 0 Å². The van der Waals surface area contributed by atoms with Gasteiger partial charge in [0.25, 0.3) is 0 Å². The first kappa shape index (κ1) is 13.4. The number of fused-ring (bicyclic) bond motifs is 3. The van der Waals surface area contributed by atoms with Gasteiger partial charge in [0.1, 0.15) is 15.0 Å². The van der Waals surface area contributed by atoms with Crippen molar-refractivity contribution in [3.8, 4) is 11.3 Å². The maximum Gasteiger partial charge on any atom is 0.356 e. The SMILES string of the molecule is Cc1cc(-c2ccc(Cl)cc2)nc2sc3c(=O)ocnc3c12. The normalized spacial score (nSPS) is 11.4. The molecule has 0 fully saturated rings. The predicted octanol–water partition coefficient (Wildman–Crippen LogP) is 4.43. The van der Waals surface area contributed by atoms with Crippen LogP contribution in [-0.2, 0) is 0 Å². The number of hydrogen-bond donors (Lipinski definition) is 0. The third kappa shape index (κ3) is 2.01. The van der Waals surface area contributed by atoms with Gasteiger partial charge in [0, 0.05) is 16.0 Å². The van der Waals surface area contributed by atoms with Gasteiger partial charge in [0.05, 0.1) is 5.69 Å². The molecule has 4 nitrogen and oxygen atoms in total. The Balaban J connectivity index is 2.04. The number of aromatic nitrogens is 2. The molecule has 3 heterocycles. The Hall–Kier alpha value is -2.24. The van der Waals surface area contributed by atoms with Crippen molar-refractivity contribution in [3.63, 3.8) is 0 Å². The average Bonchev–Trinajstić information content (AvgIpc) is 2.88. The van der Waals surface area contributed by atoms with E-state index in [1.165, 1.54) is 17.7 Å². The Labute approximate surface area is 134 Å². The quantitative estimate of drug-likeness (QED) is 0.519. The summed E-state index contributed by atoms with van der Waals surface area (Å²) in [5.41, 5.74) is 3.13. The zero-order valence-corrected chi connectivity index (χ0v) is 13.0. The van der Waals surface area contributed by atoms with Gasteiger partial charge in [-0.3, -0.25) is 0 Å². The van der Waals surface area contributed by atoms with Crippen LogP contribution in [-0.4, -0.2) is 9.97 Å². The van der Waals surface area contributed by atoms with Gasteiger partial charge < -0.3 is 4.42 Å². The number of aryl methyl sites for hydroxylation is 1. The van der Waals surface area contributed by atoms with E-state index in [0.717, 1.165) is 27.0 Å². The number of pyridine rings is 1. The Bertz CT molecular complexity index is 1070. The van der Waals surface area contributed by atoms with Gasteiger partial charge in [0.15, 0.2) is 6.39 Å². The lowest BCUT2D eigenvalue weighted by Gasteiger charge is -2.04. The summed E-state index contributed by atoms with van der Waals surface area (Å²) < 4.78 is 5.34. The lowest BCUT2D eigenvalue weighted by Crippen LogP contribution is -1.96. The molecule has 4 aromatic rings. The summed E-state index contributed by atoms with van der Waals surface area (Å²) in [4.78, 5) is 21.5. The van der Waals surface area contributed by atoms with Gasteiger partial charge in [-0.05, 0) is 30.7 Å². The summed E-state index contributed by atoms with van der Waals surface area (Å²) in [6.45, 7) is 1.99. The maximum absolute atomic E-state index is 11.8. The summed E-state index contributed by atoms with van der Waals surface area (Å²) in [5.74, 6) is 0. The molecule has 3 aromatic heterocycles. The van der Waals surface area contributed by atoms with E-state index in [1.807, 2.05) is 37.3 Å². The summed E-state index contributed by atoms with van der Waals surface area (Å²) in [5, 5.41) is 1.59. The molecule has 108 valence electrons. The molecular formula is C16H9ClN2O2S. The molecule has 0 unspecified atom stereocenters. The smallest absolute Gasteiger partial charge is 0.356 e. The second-order valence-corrected chi connectivity index (χ2v) is 6.37. The number of thiophene rings is 1. The predicted molar refractivity (Wildman–Crippen MR) is 88.6 cm³/mol. The van der Waals surface area contributed by atoms with E-state index in [0.29, 0.717) is 15.2 Å². The molecule has 0 saturated heterocycles. The van der Waals surface area contributed by atoms with Crippen LogP contribution in [0, 0.1) is 6.92 Å². The second-order valence-electron chi connectivity index (χ2n) is 4.93. The van der Waals surface area contributed by atoms with Crippen molar-refractivity contribution in [2.45, 2.75) is 6.92 Å². The van der Waals surface area contributed by atoms with Gasteiger partial charge in [-0.15, -0.1) is 11.3 Å². The van der Waals surface area contributed by atoms with E-state index >= 15 is 0 Å². The van der Waals surface area contributed by atoms with Crippen LogP contribution < -0.4 is 5.63 Å². The van der Waals surface area contributed by atoms with Crippen molar-refractivity contribution >= 4 is 43.4 Å². The zero-order valence-electron chi connectivity index (χ0n) is 11.5. The molecule has 4 rings (SSSR count). The average molecular weight is 329 g/mol. The van der Waals surface area contributed by atoms with E-state index in [9.17, 15) is 4.79 Å². The monoisotopic (exact) mass is 328 g/mol. The number of rotatable bonds is 1. The zero-order chi connectivity index (χ0) is 15.3. The molecular weight excluding hydrogens is 320 g/mol. The van der Waals surface area contributed by atoms with Crippen molar-refractivity contribution in [1.29, 1.82) is 0 Å². The highest BCUT2D eigenvalue weighted by atomic mass is 35.5. The number of halogens is 1. The summed E-state index contributed by atoms with van der Waals surface area (Å²) >= 11 is 7.23. The molecule has 0 N–H and O–H groups in total. The first-order chi connectivity index (χ1) is 10.6. The highest BCUT2D eigenvalue weighted by molar-refractivity contribution is 7.25. The molecule has 22 heavy (non-hydrogen) atoms. The number of hydrogen-bond acceptors (Lipinski definition) is 5. The van der Waals surface area contributed by atoms with Gasteiger partial charge in [-0.2, -0.15) is 0 Å². The van der Waals surface area contributed by atoms with E-state index in [2.05, 4.69) is 9.97 Å². The van der Waals surface area contributed by atoms with Gasteiger partial charge in [-0.1, -0.05) is 23.7 Å². The van der Waals surface area contributed by atoms with Crippen molar-refractivity contribution in [3.05, 3.63) is 57.7 Å². The van der Waals surface area contributed by atoms with Crippen molar-refractivity contribution in [2.75, 3.05) is 0 Å². The first-order valence-corrected chi connectivity index (χ1v) is 7.76. The van der Waals surface area contributed by atoms with Crippen LogP contribution in [0.3, 0.4) is 0 Å². The topological polar surface area (TPSA) is 56.0 Å². The maximum atomic E-state index is 11.8. The molecule has 0 bridgehead atoms. The van der Waals surface area contributed by atoms with E-state index in [-0.39, 0.29) is 5.63 Å². The van der Waals surface area contributed by atoms with E-state index in [4.69, 9.17) is 16.0 Å². The molecule has 0 amide bonds. The molecule has 0 atom stereocenters. The lowest BCUT2D eigenvalue weighted by atomic mass is 10.1. The minimum Gasteiger partial charge on any atom is -0.410 e. The lowest BCUT2D eigenvalue weighted by molar-refractivity contribution is 0.502. The molecule has 0 aliphatic heterocycles. The van der Waals surface area contributed by atoms with Gasteiger partial charge in [-0.25, -0.2) is 14.8 Å². The minimum atomic E-state index is -0.375. The fourth-order valence-electron chi connectivity index (χ4n) is 2.47. The van der Waals surface area contributed by atoms with Crippen LogP contribution in [0.2, 0.25) is 5.02 Å². The number of benzene rings is 1. The third-order valence-corrected chi connectivity index (χ3v) is 4.81. The Kier molecular flexibility index (Phi) is 2.99. The molecule has 0 aliphatic carbocycles. The fraction of sp³-hybridized carbons (Fsp3) is 0.0625. The van der Waals surface area contributed by atoms with Crippen molar-refractivity contribution < 1.29 is 4.42 Å². The molecule has 0 aliphatic rings. The second kappa shape index (κ2) is 4.90. The molecule has 0 radical (unpaired) electrons. The van der Waals surface area contributed by atoms with E-state index < -0.39 is 0 Å². The molecule has 0 spiro atoms. The summed E-state index contributed by atoms with van der Waals surface area (Å²) in [7, 11) is 0. The standard InChI is InChI=1S/C16H9ClN2O2S/c1-8-6-11(9-2-4-10(17)5-3-9)19-15-12(8)13-14(22-15)16(20)21-7-18-13/h2-7H,1H3. The van der Waals surface area contributed by atoms with Crippen molar-refractivity contribution in [2.24, 2.45) is 0 Å². The molecule has 1 aromatic carbocycles. The Morgan fingerprint density at radius 3 is 2.77 bits per heavy atom. The van der Waals surface area contributed by atoms with Crippen molar-refractivity contribution in [1.82, 2.24) is 9.97 Å². The third-order valence-electron chi connectivity index (χ3n) is 3.50. The summed E-state index contributed by atoms with van der Waals surface area (Å²) in [6, 6.07) is 9.51. The number of nitrogens with zero attached hydrogens (tertiary/aromatic N) is 2. The first-order valence-electron chi connectivity index (χ1n) is 6.57. The van der Waals surface area contributed by atoms with Crippen LogP contribution in [0.15, 0.2) is 45.9 Å². The Morgan fingerprint density at radius 1 is 1.23 bits per heavy atom. The summed E-state index contributed by atoms with van der Waals surface area (Å²) in [6.07, 6.45) is 1.18. The molecule has 6 heteroatoms. The Morgan fingerprint density at radius 2 is 2.00 bits per heavy atom. The van der Waals surface area contributed by atoms with Crippen LogP contribution in [0.4, 0.5) is 0 Å². The largest absolute Gasteiger partial charge is 0.410 e. The van der Waals surface area contributed by atoms with Gasteiger partial charge in [0.2, 0.25) is 0 Å². The minimum absolute atomic E-state index is 0.375. The van der Waals surface area contributed by atoms with Crippen LogP contribution in [0.1, 0.15) is 5.56 Å². The van der Waals surface area contributed by atoms with Crippen LogP contribution in [0.25, 0.3) is 31.7 Å². The highest BCUT2D eigenvalue weighted by Crippen LogP contribution is 2.34. The molecule has 0 saturated carbocycles. The fourth-order valence-corrected chi connectivity index (χ4v) is 3.68. The van der Waals surface area contributed by atoms with E-state index in [1.54, 1.807) is 0 Å². The van der Waals surface area contributed by atoms with Crippen LogP contribution >= 0.6 is 22.9 Å². The highest BCUT2D eigenvalue weighted by Gasteiger charge is 2.15. The van der Waals surface area contributed by atoms with Gasteiger partial charge >= 0.3 is 5.63 Å².